The Balaban J connectivity index is 1.52. The fourth-order valence-electron chi connectivity index (χ4n) is 8.27. The molecule has 0 aromatic heterocycles. The molecule has 0 saturated carbocycles. The van der Waals surface area contributed by atoms with Crippen molar-refractivity contribution in [1.82, 2.24) is 0 Å². The lowest BCUT2D eigenvalue weighted by Gasteiger charge is -2.44. The monoisotopic (exact) mass is 910 g/mol. The van der Waals surface area contributed by atoms with Crippen LogP contribution < -0.4 is 0 Å². The van der Waals surface area contributed by atoms with Gasteiger partial charge in [-0.2, -0.15) is 0 Å². The molecule has 352 valence electrons. The van der Waals surface area contributed by atoms with Crippen molar-refractivity contribution in [3.63, 3.8) is 0 Å². The normalized spacial score (nSPS) is 17.9. The zero-order chi connectivity index (χ0) is 49.3. The molecular weight excluding hydrogens is 849 g/mol. The zero-order valence-corrected chi connectivity index (χ0v) is 41.4. The number of rotatable bonds is 11. The Labute approximate surface area is 394 Å². The third kappa shape index (κ3) is 10.8. The van der Waals surface area contributed by atoms with Crippen molar-refractivity contribution < 1.29 is 52.4 Å². The predicted molar refractivity (Wildman–Crippen MR) is 255 cm³/mol. The van der Waals surface area contributed by atoms with Gasteiger partial charge in [0, 0.05) is 0 Å². The molecule has 5 unspecified atom stereocenters. The quantitative estimate of drug-likeness (QED) is 0.0923. The van der Waals surface area contributed by atoms with E-state index < -0.39 is 67.2 Å². The van der Waals surface area contributed by atoms with Crippen molar-refractivity contribution in [2.24, 2.45) is 0 Å². The highest BCUT2D eigenvalue weighted by Gasteiger charge is 2.55. The molecular formula is C56H62O11. The topological polar surface area (TPSA) is 141 Å². The lowest BCUT2D eigenvalue weighted by atomic mass is 9.96. The number of hydrogen-bond donors (Lipinski definition) is 0. The lowest BCUT2D eigenvalue weighted by Crippen LogP contribution is -2.63. The molecule has 6 rings (SSSR count). The van der Waals surface area contributed by atoms with E-state index in [4.69, 9.17) is 28.4 Å². The Kier molecular flexibility index (Phi) is 15.0. The van der Waals surface area contributed by atoms with Gasteiger partial charge in [-0.25, -0.2) is 24.0 Å². The molecule has 1 heterocycles. The summed E-state index contributed by atoms with van der Waals surface area (Å²) in [5.41, 5.74) is 14.3. The van der Waals surface area contributed by atoms with E-state index in [-0.39, 0.29) is 27.8 Å². The van der Waals surface area contributed by atoms with E-state index >= 15 is 0 Å². The number of benzene rings is 5. The molecule has 0 amide bonds. The average molecular weight is 911 g/mol. The molecule has 1 aliphatic heterocycles. The number of carbonyl (C=O) groups excluding carboxylic acids is 5. The molecule has 11 heteroatoms. The van der Waals surface area contributed by atoms with E-state index in [1.807, 2.05) is 104 Å². The van der Waals surface area contributed by atoms with E-state index in [1.54, 1.807) is 60.7 Å². The smallest absolute Gasteiger partial charge is 0.340 e. The first kappa shape index (κ1) is 49.8. The van der Waals surface area contributed by atoms with Crippen LogP contribution in [0.4, 0.5) is 0 Å². The Morgan fingerprint density at radius 3 is 0.881 bits per heavy atom. The van der Waals surface area contributed by atoms with Crippen LogP contribution in [0.25, 0.3) is 0 Å². The summed E-state index contributed by atoms with van der Waals surface area (Å²) in [6.45, 7) is 27.9. The van der Waals surface area contributed by atoms with E-state index in [0.717, 1.165) is 83.5 Å². The van der Waals surface area contributed by atoms with Gasteiger partial charge in [0.15, 0.2) is 12.2 Å². The first-order valence-corrected chi connectivity index (χ1v) is 22.5. The molecule has 1 fully saturated rings. The summed E-state index contributed by atoms with van der Waals surface area (Å²) >= 11 is 0. The number of ether oxygens (including phenoxy) is 6. The summed E-state index contributed by atoms with van der Waals surface area (Å²) in [4.78, 5) is 71.6. The number of hydrogen-bond acceptors (Lipinski definition) is 11. The average Bonchev–Trinajstić information content (AvgIpc) is 3.27. The molecule has 5 atom stereocenters. The van der Waals surface area contributed by atoms with Gasteiger partial charge < -0.3 is 28.4 Å². The SMILES string of the molecule is Cc1cc(C(=O)OCC2OC(OC(=O)c3cc(C)c(C)c(C)c3)C(OC(=O)c3cc(C)c(C)c(C)c3)C(OC(=O)c3cc(C)c(C)c(C)c3)C2OC(=O)c2cc(C)c(C)c(C)c2)cc(C)c1C. The first-order valence-electron chi connectivity index (χ1n) is 22.5. The van der Waals surface area contributed by atoms with Crippen molar-refractivity contribution >= 4 is 29.8 Å². The minimum atomic E-state index is -1.79. The Bertz CT molecular complexity index is 2700. The maximum absolute atomic E-state index is 14.6. The van der Waals surface area contributed by atoms with E-state index in [9.17, 15) is 24.0 Å². The summed E-state index contributed by atoms with van der Waals surface area (Å²) in [5.74, 6) is -4.06. The van der Waals surface area contributed by atoms with Gasteiger partial charge in [0.05, 0.1) is 27.8 Å². The van der Waals surface area contributed by atoms with Gasteiger partial charge >= 0.3 is 29.8 Å². The molecule has 67 heavy (non-hydrogen) atoms. The van der Waals surface area contributed by atoms with Crippen molar-refractivity contribution in [2.75, 3.05) is 6.61 Å². The number of aryl methyl sites for hydroxylation is 10. The second-order valence-corrected chi connectivity index (χ2v) is 18.3. The molecule has 0 N–H and O–H groups in total. The molecule has 1 aliphatic rings. The number of esters is 5. The summed E-state index contributed by atoms with van der Waals surface area (Å²) in [5, 5.41) is 0. The highest BCUT2D eigenvalue weighted by molar-refractivity contribution is 5.93. The van der Waals surface area contributed by atoms with Gasteiger partial charge in [-0.05, 0) is 248 Å². The van der Waals surface area contributed by atoms with Crippen LogP contribution >= 0.6 is 0 Å². The van der Waals surface area contributed by atoms with E-state index in [1.165, 1.54) is 0 Å². The highest BCUT2D eigenvalue weighted by atomic mass is 16.7. The summed E-state index contributed by atoms with van der Waals surface area (Å²) in [7, 11) is 0. The summed E-state index contributed by atoms with van der Waals surface area (Å²) in [6.07, 6.45) is -8.31. The van der Waals surface area contributed by atoms with Gasteiger partial charge in [0.25, 0.3) is 0 Å². The van der Waals surface area contributed by atoms with Gasteiger partial charge in [-0.15, -0.1) is 0 Å². The van der Waals surface area contributed by atoms with Gasteiger partial charge in [-0.1, -0.05) is 0 Å². The van der Waals surface area contributed by atoms with Crippen LogP contribution in [0.1, 0.15) is 135 Å². The van der Waals surface area contributed by atoms with Gasteiger partial charge in [0.2, 0.25) is 12.4 Å². The number of carbonyl (C=O) groups is 5. The fraction of sp³-hybridized carbons (Fsp3) is 0.375. The maximum Gasteiger partial charge on any atom is 0.340 e. The standard InChI is InChI=1S/C56H62O11/c1-27-16-42(17-28(2)37(27)11)51(57)62-26-47-48(64-52(58)43-18-29(3)38(12)30(4)19-43)49(65-53(59)44-20-31(5)39(13)32(6)21-44)50(66-54(60)45-22-33(7)40(14)34(8)23-45)56(63-47)67-55(61)46-24-35(9)41(15)36(10)25-46/h16-25,47-50,56H,26H2,1-15H3. The van der Waals surface area contributed by atoms with Crippen LogP contribution in [-0.4, -0.2) is 67.2 Å². The molecule has 11 nitrogen and oxygen atoms in total. The molecule has 5 aromatic carbocycles. The third-order valence-corrected chi connectivity index (χ3v) is 13.7. The zero-order valence-electron chi connectivity index (χ0n) is 41.4. The van der Waals surface area contributed by atoms with Crippen molar-refractivity contribution in [3.8, 4) is 0 Å². The van der Waals surface area contributed by atoms with Gasteiger partial charge in [0.1, 0.15) is 12.7 Å². The molecule has 0 spiro atoms. The molecule has 0 aliphatic carbocycles. The Morgan fingerprint density at radius 2 is 0.582 bits per heavy atom. The van der Waals surface area contributed by atoms with Crippen molar-refractivity contribution in [2.45, 2.75) is 135 Å². The predicted octanol–water partition coefficient (Wildman–Crippen LogP) is 10.7. The fourth-order valence-corrected chi connectivity index (χ4v) is 8.27. The highest BCUT2D eigenvalue weighted by Crippen LogP contribution is 2.34. The van der Waals surface area contributed by atoms with Crippen LogP contribution in [-0.2, 0) is 28.4 Å². The van der Waals surface area contributed by atoms with Crippen LogP contribution in [0.2, 0.25) is 0 Å². The van der Waals surface area contributed by atoms with Crippen LogP contribution in [0.3, 0.4) is 0 Å². The third-order valence-electron chi connectivity index (χ3n) is 13.7. The second-order valence-electron chi connectivity index (χ2n) is 18.3. The van der Waals surface area contributed by atoms with Crippen molar-refractivity contribution in [3.05, 3.63) is 172 Å². The molecule has 0 bridgehead atoms. The molecule has 0 radical (unpaired) electrons. The Morgan fingerprint density at radius 1 is 0.343 bits per heavy atom. The van der Waals surface area contributed by atoms with Crippen molar-refractivity contribution in [1.29, 1.82) is 0 Å². The summed E-state index contributed by atoms with van der Waals surface area (Å²) in [6, 6.07) is 16.8. The van der Waals surface area contributed by atoms with Gasteiger partial charge in [-0.3, -0.25) is 0 Å². The summed E-state index contributed by atoms with van der Waals surface area (Å²) < 4.78 is 37.7. The Hall–Kier alpha value is -6.59. The van der Waals surface area contributed by atoms with Crippen LogP contribution in [0.15, 0.2) is 60.7 Å². The van der Waals surface area contributed by atoms with E-state index in [0.29, 0.717) is 0 Å². The van der Waals surface area contributed by atoms with Crippen LogP contribution in [0, 0.1) is 104 Å². The molecule has 5 aromatic rings. The minimum Gasteiger partial charge on any atom is -0.459 e. The largest absolute Gasteiger partial charge is 0.459 e. The molecule has 1 saturated heterocycles. The van der Waals surface area contributed by atoms with Crippen LogP contribution in [0.5, 0.6) is 0 Å². The minimum absolute atomic E-state index is 0.170. The lowest BCUT2D eigenvalue weighted by molar-refractivity contribution is -0.282. The first-order chi connectivity index (χ1) is 31.4. The maximum atomic E-state index is 14.6. The van der Waals surface area contributed by atoms with E-state index in [2.05, 4.69) is 0 Å². The second kappa shape index (κ2) is 20.1.